The molecule has 106 valence electrons. The average Bonchev–Trinajstić information content (AvgIpc) is 2.32. The molecule has 0 heterocycles. The van der Waals surface area contributed by atoms with Crippen molar-refractivity contribution in [3.63, 3.8) is 0 Å². The number of hydrogen-bond acceptors (Lipinski definition) is 2. The Hall–Kier alpha value is -1.07. The maximum atomic E-state index is 13.5. The smallest absolute Gasteiger partial charge is 0.261 e. The molecule has 0 aromatic heterocycles. The first-order valence-electron chi connectivity index (χ1n) is 6.50. The number of hydrogen-bond donors (Lipinski definition) is 1. The maximum absolute atomic E-state index is 13.5. The number of ether oxygens (including phenoxy) is 1. The minimum absolute atomic E-state index is 0.147. The van der Waals surface area contributed by atoms with Gasteiger partial charge in [-0.3, -0.25) is 0 Å². The molecule has 0 spiro atoms. The number of alkyl halides is 2. The predicted molar refractivity (Wildman–Crippen MR) is 67.0 cm³/mol. The summed E-state index contributed by atoms with van der Waals surface area (Å²) in [7, 11) is 0. The summed E-state index contributed by atoms with van der Waals surface area (Å²) < 4.78 is 41.9. The highest BCUT2D eigenvalue weighted by atomic mass is 19.3. The largest absolute Gasteiger partial charge is 0.374 e. The second-order valence-corrected chi connectivity index (χ2v) is 4.81. The molecule has 0 unspecified atom stereocenters. The van der Waals surface area contributed by atoms with E-state index in [2.05, 4.69) is 5.32 Å². The minimum Gasteiger partial charge on any atom is -0.374 e. The van der Waals surface area contributed by atoms with Gasteiger partial charge in [-0.15, -0.1) is 0 Å². The van der Waals surface area contributed by atoms with Crippen LogP contribution < -0.4 is 5.32 Å². The van der Waals surface area contributed by atoms with Crippen LogP contribution in [0.15, 0.2) is 24.3 Å². The fourth-order valence-corrected chi connectivity index (χ4v) is 2.35. The van der Waals surface area contributed by atoms with Crippen molar-refractivity contribution in [2.45, 2.75) is 31.2 Å². The van der Waals surface area contributed by atoms with E-state index in [1.165, 1.54) is 6.07 Å². The molecule has 1 fully saturated rings. The van der Waals surface area contributed by atoms with Gasteiger partial charge in [0.25, 0.3) is 6.43 Å². The molecule has 0 amide bonds. The molecule has 0 aliphatic heterocycles. The van der Waals surface area contributed by atoms with Crippen LogP contribution in [0.2, 0.25) is 0 Å². The SMILES string of the molecule is Fc1ccccc1C1CC(NCCOCC(F)F)C1. The number of nitrogens with one attached hydrogen (secondary N) is 1. The van der Waals surface area contributed by atoms with Gasteiger partial charge in [0, 0.05) is 12.6 Å². The Morgan fingerprint density at radius 3 is 2.68 bits per heavy atom. The molecule has 1 aromatic carbocycles. The number of benzene rings is 1. The van der Waals surface area contributed by atoms with Gasteiger partial charge in [0.15, 0.2) is 0 Å². The summed E-state index contributed by atoms with van der Waals surface area (Å²) in [5.41, 5.74) is 0.773. The first-order chi connectivity index (χ1) is 9.16. The van der Waals surface area contributed by atoms with Gasteiger partial charge in [0.1, 0.15) is 12.4 Å². The highest BCUT2D eigenvalue weighted by Gasteiger charge is 2.31. The first-order valence-corrected chi connectivity index (χ1v) is 6.50. The van der Waals surface area contributed by atoms with E-state index in [1.807, 2.05) is 12.1 Å². The van der Waals surface area contributed by atoms with Gasteiger partial charge in [0.2, 0.25) is 0 Å². The van der Waals surface area contributed by atoms with Gasteiger partial charge < -0.3 is 10.1 Å². The molecule has 1 aromatic rings. The lowest BCUT2D eigenvalue weighted by Crippen LogP contribution is -2.41. The van der Waals surface area contributed by atoms with Crippen LogP contribution in [0, 0.1) is 5.82 Å². The zero-order chi connectivity index (χ0) is 13.7. The molecule has 0 atom stereocenters. The van der Waals surface area contributed by atoms with Crippen molar-refractivity contribution in [3.05, 3.63) is 35.6 Å². The van der Waals surface area contributed by atoms with Crippen LogP contribution in [0.4, 0.5) is 13.2 Å². The lowest BCUT2D eigenvalue weighted by molar-refractivity contribution is 0.0174. The van der Waals surface area contributed by atoms with Gasteiger partial charge in [-0.05, 0) is 30.4 Å². The average molecular weight is 273 g/mol. The molecular weight excluding hydrogens is 255 g/mol. The molecule has 1 saturated carbocycles. The fourth-order valence-electron chi connectivity index (χ4n) is 2.35. The van der Waals surface area contributed by atoms with E-state index < -0.39 is 13.0 Å². The quantitative estimate of drug-likeness (QED) is 0.771. The van der Waals surface area contributed by atoms with Crippen LogP contribution >= 0.6 is 0 Å². The third kappa shape index (κ3) is 4.21. The maximum Gasteiger partial charge on any atom is 0.261 e. The Morgan fingerprint density at radius 1 is 1.26 bits per heavy atom. The molecule has 0 bridgehead atoms. The molecule has 1 N–H and O–H groups in total. The van der Waals surface area contributed by atoms with Crippen molar-refractivity contribution in [1.82, 2.24) is 5.32 Å². The van der Waals surface area contributed by atoms with Crippen LogP contribution in [-0.4, -0.2) is 32.2 Å². The highest BCUT2D eigenvalue weighted by Crippen LogP contribution is 2.37. The Morgan fingerprint density at radius 2 is 2.00 bits per heavy atom. The van der Waals surface area contributed by atoms with Crippen LogP contribution in [0.3, 0.4) is 0 Å². The Labute approximate surface area is 111 Å². The molecule has 2 rings (SSSR count). The van der Waals surface area contributed by atoms with Gasteiger partial charge in [-0.1, -0.05) is 18.2 Å². The second kappa shape index (κ2) is 6.91. The first kappa shape index (κ1) is 14.3. The van der Waals surface area contributed by atoms with E-state index in [9.17, 15) is 13.2 Å². The monoisotopic (exact) mass is 273 g/mol. The summed E-state index contributed by atoms with van der Waals surface area (Å²) in [5, 5.41) is 3.22. The fraction of sp³-hybridized carbons (Fsp3) is 0.571. The Balaban J connectivity index is 1.60. The summed E-state index contributed by atoms with van der Waals surface area (Å²) in [6.45, 7) is 0.330. The summed E-state index contributed by atoms with van der Waals surface area (Å²) >= 11 is 0. The van der Waals surface area contributed by atoms with Crippen molar-refractivity contribution in [1.29, 1.82) is 0 Å². The third-order valence-corrected chi connectivity index (χ3v) is 3.41. The normalized spacial score (nSPS) is 22.5. The summed E-state index contributed by atoms with van der Waals surface area (Å²) in [6.07, 6.45) is -0.639. The lowest BCUT2D eigenvalue weighted by atomic mass is 9.75. The predicted octanol–water partition coefficient (Wildman–Crippen LogP) is 2.94. The van der Waals surface area contributed by atoms with Gasteiger partial charge in [-0.25, -0.2) is 13.2 Å². The Kier molecular flexibility index (Phi) is 5.22. The molecule has 1 aliphatic rings. The van der Waals surface area contributed by atoms with Crippen molar-refractivity contribution in [2.24, 2.45) is 0 Å². The van der Waals surface area contributed by atoms with E-state index in [-0.39, 0.29) is 18.3 Å². The van der Waals surface area contributed by atoms with Crippen LogP contribution in [0.25, 0.3) is 0 Å². The number of rotatable bonds is 7. The molecule has 19 heavy (non-hydrogen) atoms. The van der Waals surface area contributed by atoms with Gasteiger partial charge in [-0.2, -0.15) is 0 Å². The Bertz CT molecular complexity index is 394. The molecule has 5 heteroatoms. The summed E-state index contributed by atoms with van der Waals surface area (Å²) in [5.74, 6) is 0.117. The van der Waals surface area contributed by atoms with Crippen molar-refractivity contribution in [2.75, 3.05) is 19.8 Å². The van der Waals surface area contributed by atoms with E-state index in [0.29, 0.717) is 12.6 Å². The summed E-state index contributed by atoms with van der Waals surface area (Å²) in [4.78, 5) is 0. The van der Waals surface area contributed by atoms with Crippen LogP contribution in [0.1, 0.15) is 24.3 Å². The van der Waals surface area contributed by atoms with Crippen molar-refractivity contribution >= 4 is 0 Å². The minimum atomic E-state index is -2.41. The zero-order valence-electron chi connectivity index (χ0n) is 10.6. The zero-order valence-corrected chi connectivity index (χ0v) is 10.6. The van der Waals surface area contributed by atoms with E-state index in [1.54, 1.807) is 6.07 Å². The standard InChI is InChI=1S/C14H18F3NO/c15-13-4-2-1-3-12(13)10-7-11(8-10)18-5-6-19-9-14(16)17/h1-4,10-11,14,18H,5-9H2. The van der Waals surface area contributed by atoms with Crippen LogP contribution in [-0.2, 0) is 4.74 Å². The third-order valence-electron chi connectivity index (χ3n) is 3.41. The molecule has 0 saturated heterocycles. The molecule has 1 aliphatic carbocycles. The highest BCUT2D eigenvalue weighted by molar-refractivity contribution is 5.24. The van der Waals surface area contributed by atoms with E-state index in [0.717, 1.165) is 18.4 Å². The molecular formula is C14H18F3NO. The number of halogens is 3. The molecule has 2 nitrogen and oxygen atoms in total. The topological polar surface area (TPSA) is 21.3 Å². The second-order valence-electron chi connectivity index (χ2n) is 4.81. The van der Waals surface area contributed by atoms with Crippen molar-refractivity contribution in [3.8, 4) is 0 Å². The van der Waals surface area contributed by atoms with Crippen LogP contribution in [0.5, 0.6) is 0 Å². The van der Waals surface area contributed by atoms with Crippen molar-refractivity contribution < 1.29 is 17.9 Å². The summed E-state index contributed by atoms with van der Waals surface area (Å²) in [6, 6.07) is 7.17. The molecule has 0 radical (unpaired) electrons. The van der Waals surface area contributed by atoms with E-state index in [4.69, 9.17) is 4.74 Å². The van der Waals surface area contributed by atoms with Gasteiger partial charge in [0.05, 0.1) is 6.61 Å². The van der Waals surface area contributed by atoms with E-state index >= 15 is 0 Å². The van der Waals surface area contributed by atoms with Gasteiger partial charge >= 0.3 is 0 Å². The lowest BCUT2D eigenvalue weighted by Gasteiger charge is -2.36.